The van der Waals surface area contributed by atoms with Crippen LogP contribution >= 0.6 is 11.7 Å². The third-order valence-electron chi connectivity index (χ3n) is 4.73. The molecule has 1 aromatic heterocycles. The van der Waals surface area contributed by atoms with E-state index in [1.165, 1.54) is 6.07 Å². The van der Waals surface area contributed by atoms with Gasteiger partial charge in [-0.1, -0.05) is 18.9 Å². The number of nitrogens with one attached hydrogen (secondary N) is 1. The molecule has 2 saturated carbocycles. The number of amides is 1. The number of carbonyl (C=O) groups excluding carboxylic acids is 1. The van der Waals surface area contributed by atoms with E-state index in [-0.39, 0.29) is 16.7 Å². The Morgan fingerprint density at radius 2 is 1.91 bits per heavy atom. The average Bonchev–Trinajstić information content (AvgIpc) is 3.03. The van der Waals surface area contributed by atoms with Crippen LogP contribution in [0.2, 0.25) is 0 Å². The predicted octanol–water partition coefficient (Wildman–Crippen LogP) is 1.93. The molecule has 1 amide bonds. The van der Waals surface area contributed by atoms with E-state index in [2.05, 4.69) is 13.5 Å². The summed E-state index contributed by atoms with van der Waals surface area (Å²) in [4.78, 5) is 12.3. The molecule has 8 heteroatoms. The Hall–Kier alpha value is -1.54. The minimum absolute atomic E-state index is 0.0238. The van der Waals surface area contributed by atoms with Crippen molar-refractivity contribution < 1.29 is 13.2 Å². The third-order valence-corrected chi connectivity index (χ3v) is 6.65. The fraction of sp³-hybridized carbons (Fsp3) is 0.500. The van der Waals surface area contributed by atoms with E-state index < -0.39 is 10.0 Å². The van der Waals surface area contributed by atoms with Gasteiger partial charge in [0.05, 0.1) is 11.7 Å². The molecule has 22 heavy (non-hydrogen) atoms. The number of carbonyl (C=O) groups is 1. The van der Waals surface area contributed by atoms with Crippen molar-refractivity contribution in [1.29, 1.82) is 0 Å². The molecule has 3 atom stereocenters. The first-order valence-electron chi connectivity index (χ1n) is 7.36. The van der Waals surface area contributed by atoms with Gasteiger partial charge in [-0.3, -0.25) is 4.79 Å². The standard InChI is InChI=1S/C14H15N3O3S2/c18-14(12-8-4-1-2-5-9(8)12)17-22(19,20)11-7-3-6-10-13(11)16-21-15-10/h3,6-9,12H,1-2,4-5H2,(H,17,18)/t8-,9+,12?. The molecule has 0 spiro atoms. The van der Waals surface area contributed by atoms with Crippen molar-refractivity contribution >= 4 is 38.7 Å². The van der Waals surface area contributed by atoms with Crippen molar-refractivity contribution in [1.82, 2.24) is 13.5 Å². The molecule has 2 aromatic rings. The van der Waals surface area contributed by atoms with Gasteiger partial charge in [-0.25, -0.2) is 13.1 Å². The summed E-state index contributed by atoms with van der Waals surface area (Å²) in [5.41, 5.74) is 0.849. The first-order chi connectivity index (χ1) is 10.6. The maximum Gasteiger partial charge on any atom is 0.266 e. The van der Waals surface area contributed by atoms with E-state index in [1.807, 2.05) is 0 Å². The molecule has 116 valence electrons. The Morgan fingerprint density at radius 3 is 2.64 bits per heavy atom. The van der Waals surface area contributed by atoms with Gasteiger partial charge in [0.2, 0.25) is 5.91 Å². The number of aromatic nitrogens is 2. The van der Waals surface area contributed by atoms with E-state index in [4.69, 9.17) is 0 Å². The molecule has 4 rings (SSSR count). The molecule has 1 N–H and O–H groups in total. The van der Waals surface area contributed by atoms with Crippen molar-refractivity contribution in [2.75, 3.05) is 0 Å². The lowest BCUT2D eigenvalue weighted by Crippen LogP contribution is -2.32. The monoisotopic (exact) mass is 337 g/mol. The Morgan fingerprint density at radius 1 is 1.18 bits per heavy atom. The van der Waals surface area contributed by atoms with Gasteiger partial charge in [-0.05, 0) is 36.8 Å². The summed E-state index contributed by atoms with van der Waals surface area (Å²) in [7, 11) is -3.90. The second kappa shape index (κ2) is 4.99. The Bertz CT molecular complexity index is 834. The molecule has 2 fully saturated rings. The van der Waals surface area contributed by atoms with Crippen molar-refractivity contribution in [2.24, 2.45) is 17.8 Å². The van der Waals surface area contributed by atoms with E-state index in [1.54, 1.807) is 12.1 Å². The van der Waals surface area contributed by atoms with Gasteiger partial charge in [-0.2, -0.15) is 8.75 Å². The third kappa shape index (κ3) is 2.21. The lowest BCUT2D eigenvalue weighted by molar-refractivity contribution is -0.121. The van der Waals surface area contributed by atoms with Gasteiger partial charge < -0.3 is 0 Å². The topological polar surface area (TPSA) is 89.0 Å². The quantitative estimate of drug-likeness (QED) is 0.924. The zero-order chi connectivity index (χ0) is 15.3. The first-order valence-corrected chi connectivity index (χ1v) is 9.57. The molecule has 2 aliphatic carbocycles. The predicted molar refractivity (Wildman–Crippen MR) is 81.7 cm³/mol. The number of sulfonamides is 1. The molecule has 2 aliphatic rings. The molecule has 1 heterocycles. The molecule has 6 nitrogen and oxygen atoms in total. The second-order valence-corrected chi connectivity index (χ2v) is 8.18. The molecule has 1 aromatic carbocycles. The van der Waals surface area contributed by atoms with Crippen LogP contribution in [0.15, 0.2) is 23.1 Å². The van der Waals surface area contributed by atoms with Crippen molar-refractivity contribution in [3.8, 4) is 0 Å². The number of rotatable bonds is 3. The summed E-state index contributed by atoms with van der Waals surface area (Å²) >= 11 is 0.960. The van der Waals surface area contributed by atoms with Crippen LogP contribution in [-0.4, -0.2) is 23.1 Å². The van der Waals surface area contributed by atoms with Crippen LogP contribution in [0.1, 0.15) is 25.7 Å². The van der Waals surface area contributed by atoms with Gasteiger partial charge in [0.1, 0.15) is 15.9 Å². The number of hydrogen-bond acceptors (Lipinski definition) is 6. The fourth-order valence-electron chi connectivity index (χ4n) is 3.63. The minimum atomic E-state index is -3.90. The lowest BCUT2D eigenvalue weighted by Gasteiger charge is -2.07. The molecule has 0 aliphatic heterocycles. The van der Waals surface area contributed by atoms with Crippen LogP contribution in [-0.2, 0) is 14.8 Å². The second-order valence-electron chi connectivity index (χ2n) is 6.00. The minimum Gasteiger partial charge on any atom is -0.274 e. The van der Waals surface area contributed by atoms with Crippen molar-refractivity contribution in [3.05, 3.63) is 18.2 Å². The summed E-state index contributed by atoms with van der Waals surface area (Å²) in [5, 5.41) is 0. The SMILES string of the molecule is O=C(NS(=O)(=O)c1cccc2nsnc12)C1[C@H]2CCCC[C@@H]12. The van der Waals surface area contributed by atoms with Gasteiger partial charge in [-0.15, -0.1) is 0 Å². The Kier molecular flexibility index (Phi) is 3.19. The highest BCUT2D eigenvalue weighted by Gasteiger charge is 2.55. The normalized spacial score (nSPS) is 27.4. The zero-order valence-electron chi connectivity index (χ0n) is 11.7. The Labute approximate surface area is 132 Å². The summed E-state index contributed by atoms with van der Waals surface area (Å²) < 4.78 is 35.3. The first kappa shape index (κ1) is 14.1. The maximum atomic E-state index is 12.5. The zero-order valence-corrected chi connectivity index (χ0v) is 13.4. The van der Waals surface area contributed by atoms with Crippen LogP contribution in [0.3, 0.4) is 0 Å². The van der Waals surface area contributed by atoms with E-state index in [0.717, 1.165) is 37.4 Å². The van der Waals surface area contributed by atoms with Crippen molar-refractivity contribution in [2.45, 2.75) is 30.6 Å². The Balaban J connectivity index is 1.59. The summed E-state index contributed by atoms with van der Waals surface area (Å²) in [5.74, 6) is 0.253. The summed E-state index contributed by atoms with van der Waals surface area (Å²) in [6.07, 6.45) is 4.35. The lowest BCUT2D eigenvalue weighted by atomic mass is 10.0. The largest absolute Gasteiger partial charge is 0.274 e. The fourth-order valence-corrected chi connectivity index (χ4v) is 5.42. The van der Waals surface area contributed by atoms with Gasteiger partial charge in [0, 0.05) is 5.92 Å². The molecule has 0 saturated heterocycles. The molecular weight excluding hydrogens is 322 g/mol. The average molecular weight is 337 g/mol. The highest BCUT2D eigenvalue weighted by Crippen LogP contribution is 2.55. The van der Waals surface area contributed by atoms with Crippen LogP contribution < -0.4 is 4.72 Å². The van der Waals surface area contributed by atoms with Gasteiger partial charge >= 0.3 is 0 Å². The summed E-state index contributed by atoms with van der Waals surface area (Å²) in [6, 6.07) is 4.77. The van der Waals surface area contributed by atoms with Gasteiger partial charge in [0.25, 0.3) is 10.0 Å². The van der Waals surface area contributed by atoms with Crippen LogP contribution in [0.5, 0.6) is 0 Å². The van der Waals surface area contributed by atoms with E-state index in [0.29, 0.717) is 22.9 Å². The highest BCUT2D eigenvalue weighted by molar-refractivity contribution is 7.90. The van der Waals surface area contributed by atoms with Crippen molar-refractivity contribution in [3.63, 3.8) is 0 Å². The molecular formula is C14H15N3O3S2. The number of nitrogens with zero attached hydrogens (tertiary/aromatic N) is 2. The summed E-state index contributed by atoms with van der Waals surface area (Å²) in [6.45, 7) is 0. The highest BCUT2D eigenvalue weighted by atomic mass is 32.2. The van der Waals surface area contributed by atoms with Crippen LogP contribution in [0.25, 0.3) is 11.0 Å². The van der Waals surface area contributed by atoms with Crippen LogP contribution in [0, 0.1) is 17.8 Å². The number of fused-ring (bicyclic) bond motifs is 2. The molecule has 0 radical (unpaired) electrons. The molecule has 0 bridgehead atoms. The van der Waals surface area contributed by atoms with E-state index in [9.17, 15) is 13.2 Å². The van der Waals surface area contributed by atoms with E-state index >= 15 is 0 Å². The number of benzene rings is 1. The molecule has 1 unspecified atom stereocenters. The van der Waals surface area contributed by atoms with Crippen LogP contribution in [0.4, 0.5) is 0 Å². The number of hydrogen-bond donors (Lipinski definition) is 1. The van der Waals surface area contributed by atoms with Gasteiger partial charge in [0.15, 0.2) is 0 Å². The smallest absolute Gasteiger partial charge is 0.266 e. The maximum absolute atomic E-state index is 12.5.